The number of hydrazine groups is 1. The number of nitrogens with one attached hydrogen (secondary N) is 1. The zero-order chi connectivity index (χ0) is 25.2. The zero-order valence-electron chi connectivity index (χ0n) is 19.2. The van der Waals surface area contributed by atoms with Crippen LogP contribution in [0.5, 0.6) is 0 Å². The van der Waals surface area contributed by atoms with Gasteiger partial charge < -0.3 is 10.4 Å². The summed E-state index contributed by atoms with van der Waals surface area (Å²) in [6.07, 6.45) is 3.29. The van der Waals surface area contributed by atoms with Crippen molar-refractivity contribution in [1.82, 2.24) is 19.4 Å². The molecule has 0 aliphatic carbocycles. The van der Waals surface area contributed by atoms with Crippen LogP contribution < -0.4 is 16.2 Å². The number of hydrogen-bond donors (Lipinski definition) is 3. The SMILES string of the molecule is Cc1nc2cc(C(=O)O)ccn2c1-c1ccnc(Nc2ccc(C(=O)N(N)c3ccccc3)cc2)n1. The van der Waals surface area contributed by atoms with Crippen molar-refractivity contribution >= 4 is 34.8 Å². The number of rotatable bonds is 6. The minimum Gasteiger partial charge on any atom is -0.478 e. The van der Waals surface area contributed by atoms with Gasteiger partial charge in [0.15, 0.2) is 0 Å². The number of para-hydroxylation sites is 1. The number of fused-ring (bicyclic) bond motifs is 1. The molecular weight excluding hydrogens is 458 g/mol. The highest BCUT2D eigenvalue weighted by Gasteiger charge is 2.16. The van der Waals surface area contributed by atoms with Crippen LogP contribution in [0.1, 0.15) is 26.4 Å². The van der Waals surface area contributed by atoms with E-state index in [2.05, 4.69) is 20.3 Å². The highest BCUT2D eigenvalue weighted by Crippen LogP contribution is 2.25. The molecule has 0 aliphatic rings. The summed E-state index contributed by atoms with van der Waals surface area (Å²) < 4.78 is 1.79. The fraction of sp³-hybridized carbons (Fsp3) is 0.0385. The first kappa shape index (κ1) is 22.7. The molecule has 4 N–H and O–H groups in total. The number of hydrogen-bond acceptors (Lipinski definition) is 7. The lowest BCUT2D eigenvalue weighted by Gasteiger charge is -2.16. The quantitative estimate of drug-likeness (QED) is 0.188. The van der Waals surface area contributed by atoms with Gasteiger partial charge in [-0.2, -0.15) is 0 Å². The lowest BCUT2D eigenvalue weighted by molar-refractivity contribution is 0.0696. The number of carbonyl (C=O) groups excluding carboxylic acids is 1. The van der Waals surface area contributed by atoms with Gasteiger partial charge in [0, 0.05) is 23.6 Å². The lowest BCUT2D eigenvalue weighted by atomic mass is 10.2. The molecule has 0 atom stereocenters. The van der Waals surface area contributed by atoms with Crippen molar-refractivity contribution < 1.29 is 14.7 Å². The summed E-state index contributed by atoms with van der Waals surface area (Å²) >= 11 is 0. The number of amides is 1. The zero-order valence-corrected chi connectivity index (χ0v) is 19.2. The van der Waals surface area contributed by atoms with Crippen molar-refractivity contribution in [2.45, 2.75) is 6.92 Å². The molecule has 1 amide bonds. The Morgan fingerprint density at radius 2 is 1.72 bits per heavy atom. The van der Waals surface area contributed by atoms with Gasteiger partial charge in [0.05, 0.1) is 28.3 Å². The van der Waals surface area contributed by atoms with E-state index in [1.54, 1.807) is 59.3 Å². The highest BCUT2D eigenvalue weighted by molar-refractivity contribution is 6.05. The maximum absolute atomic E-state index is 12.7. The Balaban J connectivity index is 1.37. The van der Waals surface area contributed by atoms with Crippen LogP contribution in [0.2, 0.25) is 0 Å². The predicted molar refractivity (Wildman–Crippen MR) is 135 cm³/mol. The number of carboxylic acids is 1. The molecule has 36 heavy (non-hydrogen) atoms. The number of carboxylic acid groups (broad SMARTS) is 1. The first-order valence-electron chi connectivity index (χ1n) is 11.0. The number of imidazole rings is 1. The van der Waals surface area contributed by atoms with Crippen molar-refractivity contribution in [3.8, 4) is 11.4 Å². The molecule has 0 saturated carbocycles. The van der Waals surface area contributed by atoms with Crippen LogP contribution in [0, 0.1) is 6.92 Å². The van der Waals surface area contributed by atoms with Crippen LogP contribution in [-0.4, -0.2) is 36.3 Å². The Morgan fingerprint density at radius 1 is 0.972 bits per heavy atom. The van der Waals surface area contributed by atoms with Crippen molar-refractivity contribution in [3.63, 3.8) is 0 Å². The summed E-state index contributed by atoms with van der Waals surface area (Å²) in [6, 6.07) is 20.6. The average molecular weight is 480 g/mol. The molecule has 0 fully saturated rings. The number of benzene rings is 2. The Labute approximate surface area is 205 Å². The molecule has 0 unspecified atom stereocenters. The van der Waals surface area contributed by atoms with E-state index >= 15 is 0 Å². The van der Waals surface area contributed by atoms with Crippen LogP contribution in [0.4, 0.5) is 17.3 Å². The molecule has 5 rings (SSSR count). The van der Waals surface area contributed by atoms with Gasteiger partial charge in [0.25, 0.3) is 5.91 Å². The van der Waals surface area contributed by atoms with E-state index in [-0.39, 0.29) is 11.5 Å². The smallest absolute Gasteiger partial charge is 0.335 e. The molecule has 0 spiro atoms. The Morgan fingerprint density at radius 3 is 2.44 bits per heavy atom. The van der Waals surface area contributed by atoms with E-state index in [1.165, 1.54) is 12.1 Å². The van der Waals surface area contributed by atoms with Gasteiger partial charge in [0.1, 0.15) is 5.65 Å². The van der Waals surface area contributed by atoms with Crippen LogP contribution >= 0.6 is 0 Å². The van der Waals surface area contributed by atoms with E-state index in [9.17, 15) is 14.7 Å². The Bertz CT molecular complexity index is 1580. The summed E-state index contributed by atoms with van der Waals surface area (Å²) in [5.41, 5.74) is 4.45. The number of pyridine rings is 1. The van der Waals surface area contributed by atoms with Crippen LogP contribution in [0.3, 0.4) is 0 Å². The number of anilines is 3. The molecule has 2 aromatic carbocycles. The average Bonchev–Trinajstić information content (AvgIpc) is 3.23. The van der Waals surface area contributed by atoms with E-state index in [4.69, 9.17) is 5.84 Å². The molecule has 5 aromatic rings. The minimum absolute atomic E-state index is 0.160. The van der Waals surface area contributed by atoms with Gasteiger partial charge in [0.2, 0.25) is 5.95 Å². The number of carbonyl (C=O) groups is 2. The molecule has 0 bridgehead atoms. The summed E-state index contributed by atoms with van der Waals surface area (Å²) in [4.78, 5) is 37.4. The molecule has 0 aliphatic heterocycles. The third kappa shape index (κ3) is 4.36. The minimum atomic E-state index is -1.01. The van der Waals surface area contributed by atoms with Crippen molar-refractivity contribution in [1.29, 1.82) is 0 Å². The molecule has 3 aromatic heterocycles. The molecule has 0 saturated heterocycles. The van der Waals surface area contributed by atoms with Gasteiger partial charge in [-0.15, -0.1) is 0 Å². The van der Waals surface area contributed by atoms with Gasteiger partial charge >= 0.3 is 5.97 Å². The van der Waals surface area contributed by atoms with E-state index in [1.807, 2.05) is 25.1 Å². The molecule has 10 heteroatoms. The van der Waals surface area contributed by atoms with E-state index < -0.39 is 5.97 Å². The third-order valence-corrected chi connectivity index (χ3v) is 5.59. The second kappa shape index (κ2) is 9.28. The van der Waals surface area contributed by atoms with Gasteiger partial charge in [-0.05, 0) is 61.5 Å². The molecular formula is C26H21N7O3. The Kier molecular flexibility index (Phi) is 5.85. The monoisotopic (exact) mass is 479 g/mol. The van der Waals surface area contributed by atoms with Crippen LogP contribution in [-0.2, 0) is 0 Å². The molecule has 3 heterocycles. The van der Waals surface area contributed by atoms with E-state index in [0.29, 0.717) is 39.9 Å². The number of aryl methyl sites for hydroxylation is 1. The highest BCUT2D eigenvalue weighted by atomic mass is 16.4. The molecule has 0 radical (unpaired) electrons. The fourth-order valence-corrected chi connectivity index (χ4v) is 3.83. The second-order valence-corrected chi connectivity index (χ2v) is 7.97. The predicted octanol–water partition coefficient (Wildman–Crippen LogP) is 4.06. The van der Waals surface area contributed by atoms with Gasteiger partial charge in [-0.25, -0.2) is 30.6 Å². The van der Waals surface area contributed by atoms with Crippen molar-refractivity contribution in [2.24, 2.45) is 5.84 Å². The van der Waals surface area contributed by atoms with Gasteiger partial charge in [-0.3, -0.25) is 9.20 Å². The third-order valence-electron chi connectivity index (χ3n) is 5.59. The maximum atomic E-state index is 12.7. The van der Waals surface area contributed by atoms with E-state index in [0.717, 1.165) is 10.7 Å². The number of aromatic nitrogens is 4. The first-order valence-corrected chi connectivity index (χ1v) is 11.0. The first-order chi connectivity index (χ1) is 17.4. The lowest BCUT2D eigenvalue weighted by Crippen LogP contribution is -2.37. The fourth-order valence-electron chi connectivity index (χ4n) is 3.83. The van der Waals surface area contributed by atoms with Gasteiger partial charge in [-0.1, -0.05) is 18.2 Å². The second-order valence-electron chi connectivity index (χ2n) is 7.97. The summed E-state index contributed by atoms with van der Waals surface area (Å²) in [5, 5.41) is 13.5. The summed E-state index contributed by atoms with van der Waals surface area (Å²) in [7, 11) is 0. The summed E-state index contributed by atoms with van der Waals surface area (Å²) in [6.45, 7) is 1.84. The number of nitrogens with zero attached hydrogens (tertiary/aromatic N) is 5. The Hall–Kier alpha value is -5.09. The van der Waals surface area contributed by atoms with Crippen LogP contribution in [0.25, 0.3) is 17.0 Å². The topological polar surface area (TPSA) is 139 Å². The number of aromatic carboxylic acids is 1. The van der Waals surface area contributed by atoms with Crippen molar-refractivity contribution in [3.05, 3.63) is 102 Å². The van der Waals surface area contributed by atoms with Crippen LogP contribution in [0.15, 0.2) is 85.2 Å². The normalized spacial score (nSPS) is 10.8. The standard InChI is InChI=1S/C26H21N7O3/c1-16-23(32-14-12-18(25(35)36)15-22(32)29-16)21-11-13-28-26(31-21)30-19-9-7-17(8-10-19)24(34)33(27)20-5-3-2-4-6-20/h2-15H,27H2,1H3,(H,35,36)(H,28,30,31). The van der Waals surface area contributed by atoms with Crippen molar-refractivity contribution in [2.75, 3.05) is 10.3 Å². The summed E-state index contributed by atoms with van der Waals surface area (Å²) in [5.74, 6) is 4.99. The number of nitrogens with two attached hydrogens (primary N) is 1. The maximum Gasteiger partial charge on any atom is 0.335 e. The largest absolute Gasteiger partial charge is 0.478 e. The molecule has 178 valence electrons. The molecule has 10 nitrogen and oxygen atoms in total.